The first kappa shape index (κ1) is 16.2. The fourth-order valence-electron chi connectivity index (χ4n) is 4.40. The molecule has 21 heavy (non-hydrogen) atoms. The first-order chi connectivity index (χ1) is 10.1. The van der Waals surface area contributed by atoms with Crippen LogP contribution in [0.4, 0.5) is 0 Å². The van der Waals surface area contributed by atoms with Crippen molar-refractivity contribution in [2.45, 2.75) is 70.9 Å². The third-order valence-electron chi connectivity index (χ3n) is 5.56. The van der Waals surface area contributed by atoms with E-state index in [1.165, 1.54) is 32.1 Å². The molecule has 0 saturated heterocycles. The van der Waals surface area contributed by atoms with Gasteiger partial charge in [-0.25, -0.2) is 0 Å². The summed E-state index contributed by atoms with van der Waals surface area (Å²) in [6.07, 6.45) is 8.70. The van der Waals surface area contributed by atoms with Crippen LogP contribution in [-0.4, -0.2) is 12.1 Å². The molecule has 2 saturated carbocycles. The summed E-state index contributed by atoms with van der Waals surface area (Å²) < 4.78 is 0. The van der Waals surface area contributed by atoms with Crippen LogP contribution in [0.15, 0.2) is 20.7 Å². The lowest BCUT2D eigenvalue weighted by Crippen LogP contribution is -2.30. The van der Waals surface area contributed by atoms with Crippen LogP contribution >= 0.6 is 0 Å². The maximum absolute atomic E-state index is 5.19. The van der Waals surface area contributed by atoms with E-state index in [4.69, 9.17) is 11.7 Å². The van der Waals surface area contributed by atoms with Crippen LogP contribution < -0.4 is 11.7 Å². The molecule has 0 radical (unpaired) electrons. The fourth-order valence-corrected chi connectivity index (χ4v) is 4.40. The number of nitrogens with zero attached hydrogens (tertiary/aromatic N) is 4. The quantitative estimate of drug-likeness (QED) is 0.469. The van der Waals surface area contributed by atoms with Crippen molar-refractivity contribution < 1.29 is 0 Å². The predicted octanol–water partition coefficient (Wildman–Crippen LogP) is 3.64. The van der Waals surface area contributed by atoms with Gasteiger partial charge in [0.15, 0.2) is 0 Å². The van der Waals surface area contributed by atoms with Gasteiger partial charge in [-0.2, -0.15) is 10.2 Å². The fraction of sp³-hybridized carbons (Fsp3) is 1.00. The second-order valence-electron chi connectivity index (χ2n) is 7.15. The molecule has 4 N–H and O–H groups in total. The highest BCUT2D eigenvalue weighted by Gasteiger charge is 2.32. The number of hydrogen-bond donors (Lipinski definition) is 2. The Labute approximate surface area is 127 Å². The van der Waals surface area contributed by atoms with Gasteiger partial charge in [-0.3, -0.25) is 0 Å². The molecule has 0 heterocycles. The molecule has 2 aliphatic carbocycles. The lowest BCUT2D eigenvalue weighted by Gasteiger charge is -2.36. The summed E-state index contributed by atoms with van der Waals surface area (Å²) in [5.41, 5.74) is 0. The van der Waals surface area contributed by atoms with Crippen LogP contribution in [0.5, 0.6) is 0 Å². The van der Waals surface area contributed by atoms with E-state index in [1.807, 2.05) is 0 Å². The molecular weight excluding hydrogens is 264 g/mol. The second-order valence-corrected chi connectivity index (χ2v) is 7.15. The van der Waals surface area contributed by atoms with Crippen molar-refractivity contribution in [1.29, 1.82) is 0 Å². The summed E-state index contributed by atoms with van der Waals surface area (Å²) in [6.45, 7) is 4.57. The highest BCUT2D eigenvalue weighted by Crippen LogP contribution is 2.40. The van der Waals surface area contributed by atoms with Gasteiger partial charge in [-0.15, -0.1) is 0 Å². The van der Waals surface area contributed by atoms with Crippen LogP contribution in [0, 0.1) is 23.7 Å². The maximum Gasteiger partial charge on any atom is 0.0755 e. The van der Waals surface area contributed by atoms with Gasteiger partial charge in [0.1, 0.15) is 0 Å². The van der Waals surface area contributed by atoms with E-state index >= 15 is 0 Å². The number of nitrogens with two attached hydrogens (primary N) is 2. The lowest BCUT2D eigenvalue weighted by atomic mass is 9.71. The summed E-state index contributed by atoms with van der Waals surface area (Å²) in [7, 11) is 0. The van der Waals surface area contributed by atoms with Gasteiger partial charge in [0.25, 0.3) is 0 Å². The average molecular weight is 294 g/mol. The first-order valence-corrected chi connectivity index (χ1v) is 8.34. The molecule has 0 aromatic rings. The largest absolute Gasteiger partial charge is 0.305 e. The summed E-state index contributed by atoms with van der Waals surface area (Å²) in [6, 6.07) is 0.678. The minimum absolute atomic E-state index is 0.339. The molecule has 0 aliphatic heterocycles. The topological polar surface area (TPSA) is 101 Å². The molecule has 2 rings (SSSR count). The second kappa shape index (κ2) is 7.71. The Bertz CT molecular complexity index is 335. The third-order valence-corrected chi connectivity index (χ3v) is 5.56. The Morgan fingerprint density at radius 2 is 1.19 bits per heavy atom. The van der Waals surface area contributed by atoms with Crippen molar-refractivity contribution in [3.63, 3.8) is 0 Å². The molecule has 6 nitrogen and oxygen atoms in total. The van der Waals surface area contributed by atoms with Gasteiger partial charge in [0.05, 0.1) is 12.1 Å². The molecule has 6 atom stereocenters. The van der Waals surface area contributed by atoms with E-state index < -0.39 is 0 Å². The van der Waals surface area contributed by atoms with Gasteiger partial charge >= 0.3 is 0 Å². The Hall–Kier alpha value is -1.20. The van der Waals surface area contributed by atoms with E-state index in [1.54, 1.807) is 0 Å². The van der Waals surface area contributed by atoms with Crippen molar-refractivity contribution >= 4 is 0 Å². The molecule has 0 spiro atoms. The van der Waals surface area contributed by atoms with Crippen molar-refractivity contribution in [2.75, 3.05) is 0 Å². The monoisotopic (exact) mass is 294 g/mol. The smallest absolute Gasteiger partial charge is 0.0755 e. The summed E-state index contributed by atoms with van der Waals surface area (Å²) in [4.78, 5) is 0. The molecular formula is C15H30N6. The summed E-state index contributed by atoms with van der Waals surface area (Å²) >= 11 is 0. The van der Waals surface area contributed by atoms with Crippen LogP contribution in [0.25, 0.3) is 0 Å². The first-order valence-electron chi connectivity index (χ1n) is 8.34. The van der Waals surface area contributed by atoms with Crippen LogP contribution in [0.2, 0.25) is 0 Å². The van der Waals surface area contributed by atoms with E-state index in [-0.39, 0.29) is 0 Å². The van der Waals surface area contributed by atoms with Gasteiger partial charge in [-0.05, 0) is 68.6 Å². The van der Waals surface area contributed by atoms with Crippen molar-refractivity contribution in [3.8, 4) is 0 Å². The van der Waals surface area contributed by atoms with Gasteiger partial charge < -0.3 is 11.7 Å². The number of rotatable bonds is 4. The normalized spacial score (nSPS) is 41.8. The molecule has 6 unspecified atom stereocenters. The highest BCUT2D eigenvalue weighted by molar-refractivity contribution is 4.86. The molecule has 0 aromatic carbocycles. The van der Waals surface area contributed by atoms with Gasteiger partial charge in [0.2, 0.25) is 0 Å². The van der Waals surface area contributed by atoms with Gasteiger partial charge in [-0.1, -0.05) is 24.3 Å². The Morgan fingerprint density at radius 3 is 1.52 bits per heavy atom. The van der Waals surface area contributed by atoms with Crippen LogP contribution in [-0.2, 0) is 0 Å². The predicted molar refractivity (Wildman–Crippen MR) is 83.3 cm³/mol. The van der Waals surface area contributed by atoms with Crippen molar-refractivity contribution in [1.82, 2.24) is 0 Å². The SMILES string of the molecule is CC1CC(CC2CCC(N=NN)C(C)C2)CCC1N=NN. The Balaban J connectivity index is 1.79. The molecule has 0 amide bonds. The van der Waals surface area contributed by atoms with Crippen LogP contribution in [0.3, 0.4) is 0 Å². The average Bonchev–Trinajstić information content (AvgIpc) is 2.45. The van der Waals surface area contributed by atoms with E-state index in [0.29, 0.717) is 23.9 Å². The molecule has 0 bridgehead atoms. The highest BCUT2D eigenvalue weighted by atomic mass is 15.3. The zero-order valence-corrected chi connectivity index (χ0v) is 13.4. The molecule has 120 valence electrons. The standard InChI is InChI=1S/C15H30N6/c1-10-7-12(3-5-14(10)18-20-16)9-13-4-6-15(19-21-17)11(2)8-13/h10-15H,3-9H2,1-2H3,(H2,16,18)(H2,17,19). The summed E-state index contributed by atoms with van der Waals surface area (Å²) in [5.74, 6) is 13.3. The molecule has 6 heteroatoms. The molecule has 2 aliphatic rings. The Kier molecular flexibility index (Phi) is 5.94. The summed E-state index contributed by atoms with van der Waals surface area (Å²) in [5, 5.41) is 15.3. The van der Waals surface area contributed by atoms with E-state index in [0.717, 1.165) is 24.7 Å². The molecule has 2 fully saturated rings. The zero-order chi connectivity index (χ0) is 15.2. The van der Waals surface area contributed by atoms with Crippen molar-refractivity contribution in [2.24, 2.45) is 56.0 Å². The van der Waals surface area contributed by atoms with Gasteiger partial charge in [0, 0.05) is 0 Å². The minimum atomic E-state index is 0.339. The zero-order valence-electron chi connectivity index (χ0n) is 13.4. The minimum Gasteiger partial charge on any atom is -0.305 e. The maximum atomic E-state index is 5.19. The molecule has 0 aromatic heterocycles. The Morgan fingerprint density at radius 1 is 0.762 bits per heavy atom. The third kappa shape index (κ3) is 4.38. The van der Waals surface area contributed by atoms with Crippen LogP contribution in [0.1, 0.15) is 58.8 Å². The van der Waals surface area contributed by atoms with Crippen molar-refractivity contribution in [3.05, 3.63) is 0 Å². The lowest BCUT2D eigenvalue weighted by molar-refractivity contribution is 0.166. The number of hydrogen-bond acceptors (Lipinski definition) is 4. The van der Waals surface area contributed by atoms with E-state index in [9.17, 15) is 0 Å². The van der Waals surface area contributed by atoms with E-state index in [2.05, 4.69) is 34.5 Å².